The largest absolute Gasteiger partial charge is 0.444 e. The quantitative estimate of drug-likeness (QED) is 0.805. The molecule has 0 saturated heterocycles. The van der Waals surface area contributed by atoms with Gasteiger partial charge in [-0.05, 0) is 46.0 Å². The van der Waals surface area contributed by atoms with E-state index in [0.29, 0.717) is 30.6 Å². The van der Waals surface area contributed by atoms with Crippen LogP contribution in [0, 0.1) is 11.8 Å². The van der Waals surface area contributed by atoms with E-state index < -0.39 is 5.60 Å². The first-order valence-electron chi connectivity index (χ1n) is 7.27. The van der Waals surface area contributed by atoms with E-state index >= 15 is 0 Å². The fourth-order valence-electron chi connectivity index (χ4n) is 2.00. The minimum Gasteiger partial charge on any atom is -0.444 e. The van der Waals surface area contributed by atoms with Gasteiger partial charge in [0.25, 0.3) is 0 Å². The van der Waals surface area contributed by atoms with Gasteiger partial charge in [-0.3, -0.25) is 4.79 Å². The van der Waals surface area contributed by atoms with E-state index in [1.165, 1.54) is 6.42 Å². The summed E-state index contributed by atoms with van der Waals surface area (Å²) >= 11 is 0. The normalized spacial score (nSPS) is 17.5. The van der Waals surface area contributed by atoms with Crippen molar-refractivity contribution in [2.45, 2.75) is 65.4 Å². The van der Waals surface area contributed by atoms with E-state index in [9.17, 15) is 9.59 Å². The Morgan fingerprint density at radius 1 is 1.32 bits per heavy atom. The first-order valence-corrected chi connectivity index (χ1v) is 7.27. The third kappa shape index (κ3) is 6.60. The molecular formula is C15H27NO3. The highest BCUT2D eigenvalue weighted by atomic mass is 16.6. The van der Waals surface area contributed by atoms with Crippen LogP contribution in [0.1, 0.15) is 59.8 Å². The van der Waals surface area contributed by atoms with Crippen molar-refractivity contribution in [3.05, 3.63) is 0 Å². The lowest BCUT2D eigenvalue weighted by atomic mass is 9.80. The van der Waals surface area contributed by atoms with Crippen molar-refractivity contribution in [1.82, 2.24) is 5.32 Å². The van der Waals surface area contributed by atoms with Gasteiger partial charge in [0.2, 0.25) is 0 Å². The first-order chi connectivity index (χ1) is 8.78. The Hall–Kier alpha value is -1.06. The van der Waals surface area contributed by atoms with Crippen molar-refractivity contribution < 1.29 is 14.3 Å². The number of ether oxygens (including phenoxy) is 1. The minimum atomic E-state index is -0.465. The maximum absolute atomic E-state index is 11.7. The fourth-order valence-corrected chi connectivity index (χ4v) is 2.00. The maximum atomic E-state index is 11.7. The summed E-state index contributed by atoms with van der Waals surface area (Å²) in [6, 6.07) is 0. The summed E-state index contributed by atoms with van der Waals surface area (Å²) in [4.78, 5) is 23.2. The molecule has 0 aromatic rings. The Morgan fingerprint density at radius 2 is 1.95 bits per heavy atom. The van der Waals surface area contributed by atoms with E-state index in [4.69, 9.17) is 4.74 Å². The summed E-state index contributed by atoms with van der Waals surface area (Å²) in [5, 5.41) is 2.75. The molecule has 0 spiro atoms. The molecule has 1 saturated carbocycles. The van der Waals surface area contributed by atoms with Crippen LogP contribution in [0.15, 0.2) is 0 Å². The standard InChI is InChI=1S/C15H27NO3/c1-11(8-9-13(17)12-6-5-7-12)10-16-14(18)19-15(2,3)4/h11-12H,5-10H2,1-4H3,(H,16,18). The third-order valence-electron chi connectivity index (χ3n) is 3.44. The molecule has 110 valence electrons. The Bertz CT molecular complexity index is 316. The number of alkyl carbamates (subject to hydrolysis) is 1. The average molecular weight is 269 g/mol. The van der Waals surface area contributed by atoms with Crippen LogP contribution in [-0.4, -0.2) is 24.0 Å². The highest BCUT2D eigenvalue weighted by molar-refractivity contribution is 5.81. The van der Waals surface area contributed by atoms with Crippen LogP contribution in [0.4, 0.5) is 4.79 Å². The van der Waals surface area contributed by atoms with Crippen LogP contribution in [0.25, 0.3) is 0 Å². The van der Waals surface area contributed by atoms with Gasteiger partial charge in [-0.2, -0.15) is 0 Å². The number of Topliss-reactive ketones (excluding diaryl/α,β-unsaturated/α-hetero) is 1. The molecule has 0 radical (unpaired) electrons. The summed E-state index contributed by atoms with van der Waals surface area (Å²) in [6.07, 6.45) is 4.44. The monoisotopic (exact) mass is 269 g/mol. The number of hydrogen-bond donors (Lipinski definition) is 1. The van der Waals surface area contributed by atoms with Crippen LogP contribution >= 0.6 is 0 Å². The smallest absolute Gasteiger partial charge is 0.407 e. The first kappa shape index (κ1) is 16.0. The molecule has 1 unspecified atom stereocenters. The molecule has 1 fully saturated rings. The molecule has 4 nitrogen and oxygen atoms in total. The molecule has 1 atom stereocenters. The van der Waals surface area contributed by atoms with E-state index in [-0.39, 0.29) is 6.09 Å². The second-order valence-electron chi connectivity index (χ2n) is 6.62. The molecular weight excluding hydrogens is 242 g/mol. The van der Waals surface area contributed by atoms with Gasteiger partial charge >= 0.3 is 6.09 Å². The van der Waals surface area contributed by atoms with Gasteiger partial charge in [-0.15, -0.1) is 0 Å². The van der Waals surface area contributed by atoms with E-state index in [0.717, 1.165) is 19.3 Å². The lowest BCUT2D eigenvalue weighted by molar-refractivity contribution is -0.125. The van der Waals surface area contributed by atoms with Crippen molar-refractivity contribution in [3.8, 4) is 0 Å². The van der Waals surface area contributed by atoms with Gasteiger partial charge in [-0.25, -0.2) is 4.79 Å². The summed E-state index contributed by atoms with van der Waals surface area (Å²) in [6.45, 7) is 8.13. The molecule has 0 aromatic carbocycles. The number of nitrogens with one attached hydrogen (secondary N) is 1. The zero-order chi connectivity index (χ0) is 14.5. The summed E-state index contributed by atoms with van der Waals surface area (Å²) in [5.74, 6) is 1.03. The van der Waals surface area contributed by atoms with E-state index in [1.54, 1.807) is 0 Å². The molecule has 1 aliphatic carbocycles. The molecule has 1 rings (SSSR count). The average Bonchev–Trinajstić information content (AvgIpc) is 2.18. The maximum Gasteiger partial charge on any atom is 0.407 e. The van der Waals surface area contributed by atoms with Crippen LogP contribution in [0.2, 0.25) is 0 Å². The topological polar surface area (TPSA) is 55.4 Å². The molecule has 0 aromatic heterocycles. The lowest BCUT2D eigenvalue weighted by Crippen LogP contribution is -2.35. The second kappa shape index (κ2) is 6.92. The van der Waals surface area contributed by atoms with Crippen molar-refractivity contribution in [2.75, 3.05) is 6.54 Å². The number of amides is 1. The lowest BCUT2D eigenvalue weighted by Gasteiger charge is -2.24. The van der Waals surface area contributed by atoms with Crippen LogP contribution < -0.4 is 5.32 Å². The highest BCUT2D eigenvalue weighted by Crippen LogP contribution is 2.28. The molecule has 0 aliphatic heterocycles. The zero-order valence-corrected chi connectivity index (χ0v) is 12.6. The SMILES string of the molecule is CC(CCC(=O)C1CCC1)CNC(=O)OC(C)(C)C. The third-order valence-corrected chi connectivity index (χ3v) is 3.44. The molecule has 0 bridgehead atoms. The Morgan fingerprint density at radius 3 is 2.42 bits per heavy atom. The Kier molecular flexibility index (Phi) is 5.83. The minimum absolute atomic E-state index is 0.302. The van der Waals surface area contributed by atoms with Crippen molar-refractivity contribution in [1.29, 1.82) is 0 Å². The Labute approximate surface area is 116 Å². The number of carbonyl (C=O) groups is 2. The van der Waals surface area contributed by atoms with Gasteiger partial charge in [-0.1, -0.05) is 13.3 Å². The molecule has 4 heteroatoms. The van der Waals surface area contributed by atoms with Crippen LogP contribution in [0.3, 0.4) is 0 Å². The molecule has 19 heavy (non-hydrogen) atoms. The van der Waals surface area contributed by atoms with Crippen LogP contribution in [0.5, 0.6) is 0 Å². The van der Waals surface area contributed by atoms with Gasteiger partial charge in [0.1, 0.15) is 11.4 Å². The van der Waals surface area contributed by atoms with Gasteiger partial charge in [0, 0.05) is 18.9 Å². The molecule has 0 heterocycles. The van der Waals surface area contributed by atoms with Crippen molar-refractivity contribution >= 4 is 11.9 Å². The number of rotatable bonds is 6. The number of hydrogen-bond acceptors (Lipinski definition) is 3. The van der Waals surface area contributed by atoms with Crippen molar-refractivity contribution in [2.24, 2.45) is 11.8 Å². The van der Waals surface area contributed by atoms with E-state index in [1.807, 2.05) is 27.7 Å². The highest BCUT2D eigenvalue weighted by Gasteiger charge is 2.25. The van der Waals surface area contributed by atoms with Gasteiger partial charge < -0.3 is 10.1 Å². The fraction of sp³-hybridized carbons (Fsp3) is 0.867. The van der Waals surface area contributed by atoms with E-state index in [2.05, 4.69) is 5.32 Å². The van der Waals surface area contributed by atoms with Crippen molar-refractivity contribution in [3.63, 3.8) is 0 Å². The zero-order valence-electron chi connectivity index (χ0n) is 12.6. The van der Waals surface area contributed by atoms with Gasteiger partial charge in [0.15, 0.2) is 0 Å². The van der Waals surface area contributed by atoms with Gasteiger partial charge in [0.05, 0.1) is 0 Å². The Balaban J connectivity index is 2.11. The van der Waals surface area contributed by atoms with Crippen LogP contribution in [-0.2, 0) is 9.53 Å². The molecule has 1 amide bonds. The predicted octanol–water partition coefficient (Wildman–Crippen LogP) is 3.30. The summed E-state index contributed by atoms with van der Waals surface area (Å²) < 4.78 is 5.16. The number of carbonyl (C=O) groups excluding carboxylic acids is 2. The second-order valence-corrected chi connectivity index (χ2v) is 6.62. The summed E-state index contributed by atoms with van der Waals surface area (Å²) in [7, 11) is 0. The molecule has 1 N–H and O–H groups in total. The predicted molar refractivity (Wildman–Crippen MR) is 75.0 cm³/mol. The molecule has 1 aliphatic rings. The number of ketones is 1. The summed E-state index contributed by atoms with van der Waals surface area (Å²) in [5.41, 5.74) is -0.465.